The quantitative estimate of drug-likeness (QED) is 0.315. The van der Waals surface area contributed by atoms with Crippen molar-refractivity contribution in [2.45, 2.75) is 12.2 Å². The minimum Gasteiger partial charge on any atom is -0.351 e. The summed E-state index contributed by atoms with van der Waals surface area (Å²) in [5, 5.41) is 12.0. The SMILES string of the molecule is CN1CC(NC(=O)c2cnc(-c3ccccc3)c(Nc3cc(-c4ccn[nH]4)c(C(F)(F)F)cc3F)c2)C1. The standard InChI is InChI=1S/C26H22F4N6O/c1-36-13-17(14-36)33-25(37)16-9-23(24(31-12-16)15-5-3-2-4-6-15)34-22-10-18(21-7-8-32-35-21)19(11-20(22)27)26(28,29)30/h2-12,17,34H,13-14H2,1H3,(H,32,35)(H,33,37). The zero-order valence-corrected chi connectivity index (χ0v) is 19.6. The fourth-order valence-electron chi connectivity index (χ4n) is 4.25. The van der Waals surface area contributed by atoms with Crippen LogP contribution in [0.15, 0.2) is 67.0 Å². The fraction of sp³-hybridized carbons (Fsp3) is 0.192. The zero-order valence-electron chi connectivity index (χ0n) is 19.6. The van der Waals surface area contributed by atoms with Crippen molar-refractivity contribution in [2.75, 3.05) is 25.5 Å². The molecule has 11 heteroatoms. The lowest BCUT2D eigenvalue weighted by Gasteiger charge is -2.36. The van der Waals surface area contributed by atoms with Gasteiger partial charge in [0.1, 0.15) is 5.82 Å². The van der Waals surface area contributed by atoms with E-state index in [1.54, 1.807) is 24.3 Å². The molecule has 5 rings (SSSR count). The van der Waals surface area contributed by atoms with E-state index in [1.807, 2.05) is 13.1 Å². The molecule has 1 aliphatic heterocycles. The predicted octanol–water partition coefficient (Wildman–Crippen LogP) is 5.08. The number of anilines is 2. The van der Waals surface area contributed by atoms with Gasteiger partial charge in [-0.1, -0.05) is 30.3 Å². The number of hydrogen-bond donors (Lipinski definition) is 3. The molecule has 0 spiro atoms. The van der Waals surface area contributed by atoms with Crippen LogP contribution in [0.25, 0.3) is 22.5 Å². The van der Waals surface area contributed by atoms with Gasteiger partial charge in [-0.15, -0.1) is 0 Å². The second-order valence-electron chi connectivity index (χ2n) is 8.85. The first kappa shape index (κ1) is 24.4. The van der Waals surface area contributed by atoms with Crippen molar-refractivity contribution in [2.24, 2.45) is 0 Å². The molecule has 2 aromatic carbocycles. The molecule has 0 aliphatic carbocycles. The fourth-order valence-corrected chi connectivity index (χ4v) is 4.25. The molecule has 190 valence electrons. The monoisotopic (exact) mass is 510 g/mol. The van der Waals surface area contributed by atoms with Crippen molar-refractivity contribution in [3.63, 3.8) is 0 Å². The van der Waals surface area contributed by atoms with Crippen molar-refractivity contribution in [1.82, 2.24) is 25.4 Å². The molecule has 2 aromatic heterocycles. The lowest BCUT2D eigenvalue weighted by molar-refractivity contribution is -0.137. The van der Waals surface area contributed by atoms with Crippen LogP contribution in [0.5, 0.6) is 0 Å². The number of carbonyl (C=O) groups is 1. The van der Waals surface area contributed by atoms with Gasteiger partial charge in [0.05, 0.1) is 39.9 Å². The number of nitrogens with one attached hydrogen (secondary N) is 3. The highest BCUT2D eigenvalue weighted by Crippen LogP contribution is 2.40. The molecule has 1 aliphatic rings. The maximum absolute atomic E-state index is 15.1. The first-order chi connectivity index (χ1) is 17.7. The summed E-state index contributed by atoms with van der Waals surface area (Å²) in [6.45, 7) is 1.44. The molecule has 0 radical (unpaired) electrons. The number of carbonyl (C=O) groups excluding carboxylic acids is 1. The van der Waals surface area contributed by atoms with E-state index in [-0.39, 0.29) is 40.1 Å². The highest BCUT2D eigenvalue weighted by Gasteiger charge is 2.35. The first-order valence-electron chi connectivity index (χ1n) is 11.4. The van der Waals surface area contributed by atoms with Crippen LogP contribution >= 0.6 is 0 Å². The summed E-state index contributed by atoms with van der Waals surface area (Å²) in [6.07, 6.45) is -2.06. The van der Waals surface area contributed by atoms with E-state index in [0.29, 0.717) is 17.3 Å². The lowest BCUT2D eigenvalue weighted by atomic mass is 10.0. The number of hydrogen-bond acceptors (Lipinski definition) is 5. The Labute approximate surface area is 209 Å². The van der Waals surface area contributed by atoms with Crippen molar-refractivity contribution in [3.8, 4) is 22.5 Å². The second kappa shape index (κ2) is 9.66. The van der Waals surface area contributed by atoms with Gasteiger partial charge in [0.25, 0.3) is 5.91 Å². The van der Waals surface area contributed by atoms with Crippen LogP contribution in [-0.2, 0) is 6.18 Å². The number of pyridine rings is 1. The lowest BCUT2D eigenvalue weighted by Crippen LogP contribution is -2.57. The van der Waals surface area contributed by atoms with Crippen LogP contribution in [0.2, 0.25) is 0 Å². The Bertz CT molecular complexity index is 1420. The second-order valence-corrected chi connectivity index (χ2v) is 8.85. The number of aromatic amines is 1. The van der Waals surface area contributed by atoms with E-state index in [0.717, 1.165) is 19.2 Å². The van der Waals surface area contributed by atoms with Crippen LogP contribution in [0, 0.1) is 5.82 Å². The molecule has 0 saturated carbocycles. The molecule has 0 bridgehead atoms. The predicted molar refractivity (Wildman–Crippen MR) is 131 cm³/mol. The number of likely N-dealkylation sites (N-methyl/N-ethyl adjacent to an activating group) is 1. The van der Waals surface area contributed by atoms with Crippen molar-refractivity contribution in [3.05, 3.63) is 83.9 Å². The summed E-state index contributed by atoms with van der Waals surface area (Å²) in [4.78, 5) is 19.3. The Hall–Kier alpha value is -4.25. The van der Waals surface area contributed by atoms with Crippen LogP contribution in [0.4, 0.5) is 28.9 Å². The molecule has 0 atom stereocenters. The zero-order chi connectivity index (χ0) is 26.2. The highest BCUT2D eigenvalue weighted by atomic mass is 19.4. The molecule has 37 heavy (non-hydrogen) atoms. The summed E-state index contributed by atoms with van der Waals surface area (Å²) in [5.41, 5.74) is 0.0364. The summed E-state index contributed by atoms with van der Waals surface area (Å²) < 4.78 is 56.1. The van der Waals surface area contributed by atoms with Gasteiger partial charge in [-0.3, -0.25) is 14.9 Å². The molecule has 0 unspecified atom stereocenters. The third-order valence-corrected chi connectivity index (χ3v) is 6.07. The number of alkyl halides is 3. The number of aromatic nitrogens is 3. The molecule has 1 fully saturated rings. The van der Waals surface area contributed by atoms with Gasteiger partial charge in [0.15, 0.2) is 0 Å². The molecule has 1 amide bonds. The summed E-state index contributed by atoms with van der Waals surface area (Å²) in [5.74, 6) is -1.46. The average molecular weight is 510 g/mol. The number of nitrogens with zero attached hydrogens (tertiary/aromatic N) is 3. The van der Waals surface area contributed by atoms with Crippen LogP contribution in [-0.4, -0.2) is 52.2 Å². The van der Waals surface area contributed by atoms with Gasteiger partial charge >= 0.3 is 6.18 Å². The Morgan fingerprint density at radius 1 is 1.08 bits per heavy atom. The van der Waals surface area contributed by atoms with Gasteiger partial charge in [-0.25, -0.2) is 4.39 Å². The van der Waals surface area contributed by atoms with E-state index in [1.165, 1.54) is 24.5 Å². The summed E-state index contributed by atoms with van der Waals surface area (Å²) in [6, 6.07) is 13.4. The smallest absolute Gasteiger partial charge is 0.351 e. The number of halogens is 4. The summed E-state index contributed by atoms with van der Waals surface area (Å²) in [7, 11) is 1.94. The first-order valence-corrected chi connectivity index (χ1v) is 11.4. The maximum Gasteiger partial charge on any atom is 0.417 e. The van der Waals surface area contributed by atoms with Crippen molar-refractivity contribution >= 4 is 17.3 Å². The number of likely N-dealkylation sites (tertiary alicyclic amines) is 1. The average Bonchev–Trinajstić information content (AvgIpc) is 3.39. The molecule has 4 aromatic rings. The van der Waals surface area contributed by atoms with Gasteiger partial charge in [-0.2, -0.15) is 18.3 Å². The number of amides is 1. The highest BCUT2D eigenvalue weighted by molar-refractivity contribution is 5.96. The van der Waals surface area contributed by atoms with Crippen LogP contribution in [0.3, 0.4) is 0 Å². The topological polar surface area (TPSA) is 85.9 Å². The maximum atomic E-state index is 15.1. The summed E-state index contributed by atoms with van der Waals surface area (Å²) >= 11 is 0. The van der Waals surface area contributed by atoms with E-state index >= 15 is 4.39 Å². The molecular weight excluding hydrogens is 488 g/mol. The molecule has 7 nitrogen and oxygen atoms in total. The largest absolute Gasteiger partial charge is 0.417 e. The molecular formula is C26H22F4N6O. The Balaban J connectivity index is 1.56. The van der Waals surface area contributed by atoms with Crippen LogP contribution < -0.4 is 10.6 Å². The third kappa shape index (κ3) is 5.17. The van der Waals surface area contributed by atoms with Gasteiger partial charge < -0.3 is 15.5 Å². The van der Waals surface area contributed by atoms with E-state index in [9.17, 15) is 18.0 Å². The van der Waals surface area contributed by atoms with Gasteiger partial charge in [-0.05, 0) is 31.3 Å². The minimum atomic E-state index is -4.79. The number of H-pyrrole nitrogens is 1. The van der Waals surface area contributed by atoms with E-state index < -0.39 is 17.6 Å². The Kier molecular flexibility index (Phi) is 6.38. The van der Waals surface area contributed by atoms with Crippen molar-refractivity contribution in [1.29, 1.82) is 0 Å². The Morgan fingerprint density at radius 2 is 1.84 bits per heavy atom. The molecule has 3 heterocycles. The normalized spacial score (nSPS) is 14.3. The van der Waals surface area contributed by atoms with E-state index in [4.69, 9.17) is 0 Å². The molecule has 3 N–H and O–H groups in total. The van der Waals surface area contributed by atoms with Crippen LogP contribution in [0.1, 0.15) is 15.9 Å². The van der Waals surface area contributed by atoms with Crippen molar-refractivity contribution < 1.29 is 22.4 Å². The van der Waals surface area contributed by atoms with E-state index in [2.05, 4.69) is 30.7 Å². The number of benzene rings is 2. The van der Waals surface area contributed by atoms with Gasteiger partial charge in [0, 0.05) is 36.6 Å². The molecule has 1 saturated heterocycles. The number of rotatable bonds is 6. The Morgan fingerprint density at radius 3 is 2.49 bits per heavy atom. The van der Waals surface area contributed by atoms with Gasteiger partial charge in [0.2, 0.25) is 0 Å². The minimum absolute atomic E-state index is 0.00651. The third-order valence-electron chi connectivity index (χ3n) is 6.07.